The van der Waals surface area contributed by atoms with E-state index in [0.717, 1.165) is 6.42 Å². The minimum Gasteiger partial charge on any atom is -0.276 e. The second-order valence-electron chi connectivity index (χ2n) is 7.48. The number of rotatable bonds is 6. The molecule has 0 rings (SSSR count). The van der Waals surface area contributed by atoms with E-state index in [1.807, 2.05) is 13.8 Å². The Morgan fingerprint density at radius 1 is 0.900 bits per heavy atom. The highest BCUT2D eigenvalue weighted by Gasteiger charge is 2.49. The van der Waals surface area contributed by atoms with Crippen LogP contribution in [0.1, 0.15) is 68.7 Å². The Kier molecular flexibility index (Phi) is 5.40. The molecule has 20 heavy (non-hydrogen) atoms. The van der Waals surface area contributed by atoms with Gasteiger partial charge in [-0.05, 0) is 53.4 Å². The minimum absolute atomic E-state index is 0.0767. The summed E-state index contributed by atoms with van der Waals surface area (Å²) in [6, 6.07) is 4.42. The van der Waals surface area contributed by atoms with Crippen molar-refractivity contribution in [3.05, 3.63) is 0 Å². The average Bonchev–Trinajstić information content (AvgIpc) is 2.35. The fourth-order valence-corrected chi connectivity index (χ4v) is 1.93. The van der Waals surface area contributed by atoms with Gasteiger partial charge in [0.25, 0.3) is 0 Å². The van der Waals surface area contributed by atoms with Crippen molar-refractivity contribution in [2.45, 2.75) is 85.4 Å². The van der Waals surface area contributed by atoms with Crippen LogP contribution >= 0.6 is 0 Å². The third-order valence-electron chi connectivity index (χ3n) is 4.42. The zero-order valence-electron chi connectivity index (χ0n) is 14.5. The van der Waals surface area contributed by atoms with Crippen LogP contribution in [0.4, 0.5) is 0 Å². The van der Waals surface area contributed by atoms with E-state index in [0.29, 0.717) is 0 Å². The number of nitriles is 2. The molecule has 0 atom stereocenters. The Bertz CT molecular complexity index is 422. The van der Waals surface area contributed by atoms with Crippen LogP contribution in [-0.4, -0.2) is 21.7 Å². The van der Waals surface area contributed by atoms with Crippen molar-refractivity contribution in [3.63, 3.8) is 0 Å². The highest BCUT2D eigenvalue weighted by molar-refractivity contribution is 5.07. The van der Waals surface area contributed by atoms with Crippen molar-refractivity contribution < 1.29 is 4.84 Å². The van der Waals surface area contributed by atoms with Gasteiger partial charge >= 0.3 is 0 Å². The molecular weight excluding hydrogens is 250 g/mol. The first-order valence-electron chi connectivity index (χ1n) is 7.09. The maximum absolute atomic E-state index is 9.48. The van der Waals surface area contributed by atoms with E-state index in [9.17, 15) is 10.5 Å². The Morgan fingerprint density at radius 3 is 1.65 bits per heavy atom. The molecule has 0 heterocycles. The van der Waals surface area contributed by atoms with Gasteiger partial charge in [0.05, 0.1) is 12.1 Å². The number of hydrogen-bond acceptors (Lipinski definition) is 4. The van der Waals surface area contributed by atoms with Crippen LogP contribution in [0.25, 0.3) is 0 Å². The van der Waals surface area contributed by atoms with Gasteiger partial charge in [-0.3, -0.25) is 4.84 Å². The molecule has 0 aromatic carbocycles. The van der Waals surface area contributed by atoms with E-state index in [2.05, 4.69) is 46.8 Å². The van der Waals surface area contributed by atoms with Gasteiger partial charge in [0.2, 0.25) is 0 Å². The number of nitrogens with zero attached hydrogens (tertiary/aromatic N) is 3. The highest BCUT2D eigenvalue weighted by Crippen LogP contribution is 2.42. The Hall–Kier alpha value is -1.10. The number of hydroxylamine groups is 2. The third kappa shape index (κ3) is 3.72. The minimum atomic E-state index is -0.977. The monoisotopic (exact) mass is 279 g/mol. The lowest BCUT2D eigenvalue weighted by atomic mass is 9.71. The summed E-state index contributed by atoms with van der Waals surface area (Å²) in [5.74, 6) is 0. The Morgan fingerprint density at radius 2 is 1.35 bits per heavy atom. The van der Waals surface area contributed by atoms with Gasteiger partial charge in [-0.2, -0.15) is 15.6 Å². The molecule has 4 heteroatoms. The summed E-state index contributed by atoms with van der Waals surface area (Å²) < 4.78 is 0. The zero-order chi connectivity index (χ0) is 16.4. The van der Waals surface area contributed by atoms with E-state index >= 15 is 0 Å². The zero-order valence-corrected chi connectivity index (χ0v) is 14.5. The molecule has 0 bridgehead atoms. The molecule has 0 aliphatic carbocycles. The summed E-state index contributed by atoms with van der Waals surface area (Å²) in [4.78, 5) is 5.95. The van der Waals surface area contributed by atoms with Crippen LogP contribution in [0.2, 0.25) is 0 Å². The topological polar surface area (TPSA) is 60.0 Å². The van der Waals surface area contributed by atoms with Gasteiger partial charge in [0, 0.05) is 5.54 Å². The van der Waals surface area contributed by atoms with Crippen molar-refractivity contribution in [1.82, 2.24) is 5.06 Å². The molecular formula is C16H29N3O. The van der Waals surface area contributed by atoms with Crippen molar-refractivity contribution in [2.24, 2.45) is 5.41 Å². The first-order valence-corrected chi connectivity index (χ1v) is 7.09. The average molecular weight is 279 g/mol. The van der Waals surface area contributed by atoms with Gasteiger partial charge in [-0.15, -0.1) is 0 Å². The fraction of sp³-hybridized carbons (Fsp3) is 0.875. The number of hydrogen-bond donors (Lipinski definition) is 0. The first-order chi connectivity index (χ1) is 8.77. The summed E-state index contributed by atoms with van der Waals surface area (Å²) in [5.41, 5.74) is -2.29. The van der Waals surface area contributed by atoms with Gasteiger partial charge < -0.3 is 0 Å². The van der Waals surface area contributed by atoms with Crippen LogP contribution in [0.3, 0.4) is 0 Å². The SMILES string of the molecule is CCC(C)(C)C(C)(C)N(OC(C)(C)C#N)C(C)(C)C#N. The first kappa shape index (κ1) is 18.9. The van der Waals surface area contributed by atoms with Crippen molar-refractivity contribution >= 4 is 0 Å². The van der Waals surface area contributed by atoms with Crippen LogP contribution in [0.15, 0.2) is 0 Å². The Labute approximate surface area is 124 Å². The summed E-state index contributed by atoms with van der Waals surface area (Å²) >= 11 is 0. The normalized spacial score (nSPS) is 14.0. The molecule has 0 aromatic heterocycles. The predicted octanol–water partition coefficient (Wildman–Crippen LogP) is 4.04. The van der Waals surface area contributed by atoms with E-state index in [1.54, 1.807) is 18.9 Å². The quantitative estimate of drug-likeness (QED) is 0.688. The van der Waals surface area contributed by atoms with E-state index < -0.39 is 16.7 Å². The van der Waals surface area contributed by atoms with Crippen LogP contribution in [0.5, 0.6) is 0 Å². The molecule has 0 radical (unpaired) electrons. The molecule has 0 amide bonds. The smallest absolute Gasteiger partial charge is 0.170 e. The lowest BCUT2D eigenvalue weighted by Crippen LogP contribution is -2.62. The van der Waals surface area contributed by atoms with Crippen molar-refractivity contribution in [3.8, 4) is 12.1 Å². The lowest BCUT2D eigenvalue weighted by Gasteiger charge is -2.53. The Balaban J connectivity index is 5.82. The van der Waals surface area contributed by atoms with Crippen LogP contribution in [-0.2, 0) is 4.84 Å². The molecule has 0 saturated carbocycles. The predicted molar refractivity (Wildman–Crippen MR) is 80.5 cm³/mol. The highest BCUT2D eigenvalue weighted by atomic mass is 16.7. The molecule has 114 valence electrons. The maximum Gasteiger partial charge on any atom is 0.170 e. The van der Waals surface area contributed by atoms with Gasteiger partial charge in [-0.1, -0.05) is 20.8 Å². The van der Waals surface area contributed by atoms with Crippen molar-refractivity contribution in [2.75, 3.05) is 0 Å². The van der Waals surface area contributed by atoms with E-state index in [-0.39, 0.29) is 5.41 Å². The van der Waals surface area contributed by atoms with E-state index in [4.69, 9.17) is 4.84 Å². The molecule has 0 N–H and O–H groups in total. The fourth-order valence-electron chi connectivity index (χ4n) is 1.93. The second-order valence-corrected chi connectivity index (χ2v) is 7.48. The summed E-state index contributed by atoms with van der Waals surface area (Å²) in [6.45, 7) is 17.6. The van der Waals surface area contributed by atoms with Gasteiger partial charge in [-0.25, -0.2) is 0 Å². The summed E-state index contributed by atoms with van der Waals surface area (Å²) in [5, 5.41) is 20.4. The summed E-state index contributed by atoms with van der Waals surface area (Å²) in [6.07, 6.45) is 0.939. The van der Waals surface area contributed by atoms with E-state index in [1.165, 1.54) is 0 Å². The molecule has 0 aliphatic rings. The van der Waals surface area contributed by atoms with Gasteiger partial charge in [0.1, 0.15) is 5.54 Å². The van der Waals surface area contributed by atoms with Crippen molar-refractivity contribution in [1.29, 1.82) is 10.5 Å². The van der Waals surface area contributed by atoms with Gasteiger partial charge in [0.15, 0.2) is 5.60 Å². The molecule has 0 saturated heterocycles. The molecule has 0 unspecified atom stereocenters. The molecule has 0 aromatic rings. The largest absolute Gasteiger partial charge is 0.276 e. The molecule has 0 aliphatic heterocycles. The second kappa shape index (κ2) is 5.72. The maximum atomic E-state index is 9.48. The molecule has 0 spiro atoms. The molecule has 4 nitrogen and oxygen atoms in total. The van der Waals surface area contributed by atoms with Crippen LogP contribution < -0.4 is 0 Å². The standard InChI is InChI=1S/C16H29N3O/c1-10-13(2,3)16(8,9)19(14(4,5)11-17)20-15(6,7)12-18/h10H2,1-9H3. The summed E-state index contributed by atoms with van der Waals surface area (Å²) in [7, 11) is 0. The van der Waals surface area contributed by atoms with Crippen LogP contribution in [0, 0.1) is 28.1 Å². The third-order valence-corrected chi connectivity index (χ3v) is 4.42. The lowest BCUT2D eigenvalue weighted by molar-refractivity contribution is -0.311. The molecule has 0 fully saturated rings.